The van der Waals surface area contributed by atoms with E-state index in [1.54, 1.807) is 0 Å². The summed E-state index contributed by atoms with van der Waals surface area (Å²) in [6.07, 6.45) is 8.52. The Labute approximate surface area is 163 Å². The summed E-state index contributed by atoms with van der Waals surface area (Å²) in [5.74, 6) is 0.744. The van der Waals surface area contributed by atoms with Gasteiger partial charge in [0.15, 0.2) is 15.8 Å². The van der Waals surface area contributed by atoms with Crippen LogP contribution in [0.5, 0.6) is 0 Å². The van der Waals surface area contributed by atoms with Crippen molar-refractivity contribution in [1.82, 2.24) is 10.6 Å². The van der Waals surface area contributed by atoms with Gasteiger partial charge in [0.25, 0.3) is 0 Å². The van der Waals surface area contributed by atoms with Crippen molar-refractivity contribution in [3.8, 4) is 0 Å². The summed E-state index contributed by atoms with van der Waals surface area (Å²) in [4.78, 5) is 4.63. The highest BCUT2D eigenvalue weighted by molar-refractivity contribution is 14.0. The van der Waals surface area contributed by atoms with Crippen LogP contribution in [0.4, 0.5) is 0 Å². The lowest BCUT2D eigenvalue weighted by molar-refractivity contribution is 0.0768. The van der Waals surface area contributed by atoms with Gasteiger partial charge in [0.05, 0.1) is 11.3 Å². The van der Waals surface area contributed by atoms with Gasteiger partial charge in [-0.05, 0) is 32.6 Å². The highest BCUT2D eigenvalue weighted by Gasteiger charge is 2.42. The molecular formula is C16H32IN3O3S. The van der Waals surface area contributed by atoms with Crippen LogP contribution in [-0.2, 0) is 14.6 Å². The summed E-state index contributed by atoms with van der Waals surface area (Å²) in [6.45, 7) is 4.09. The van der Waals surface area contributed by atoms with Crippen molar-refractivity contribution < 1.29 is 13.2 Å². The largest absolute Gasteiger partial charge is 0.381 e. The highest BCUT2D eigenvalue weighted by Crippen LogP contribution is 2.29. The van der Waals surface area contributed by atoms with Gasteiger partial charge in [-0.15, -0.1) is 24.0 Å². The fourth-order valence-corrected chi connectivity index (χ4v) is 4.58. The summed E-state index contributed by atoms with van der Waals surface area (Å²) >= 11 is 0. The van der Waals surface area contributed by atoms with Gasteiger partial charge in [0, 0.05) is 32.1 Å². The van der Waals surface area contributed by atoms with E-state index in [4.69, 9.17) is 4.74 Å². The molecule has 0 aromatic rings. The molecule has 6 nitrogen and oxygen atoms in total. The quantitative estimate of drug-likeness (QED) is 0.363. The van der Waals surface area contributed by atoms with Crippen molar-refractivity contribution in [2.45, 2.75) is 62.7 Å². The van der Waals surface area contributed by atoms with Gasteiger partial charge >= 0.3 is 0 Å². The van der Waals surface area contributed by atoms with Gasteiger partial charge in [-0.3, -0.25) is 4.99 Å². The minimum absolute atomic E-state index is 0. The minimum atomic E-state index is -3.17. The number of guanidine groups is 1. The minimum Gasteiger partial charge on any atom is -0.381 e. The first kappa shape index (κ1) is 22.0. The third-order valence-electron chi connectivity index (χ3n) is 5.01. The number of hydrogen-bond acceptors (Lipinski definition) is 4. The third kappa shape index (κ3) is 6.01. The summed E-state index contributed by atoms with van der Waals surface area (Å²) in [5, 5.41) is 6.73. The molecule has 2 rings (SSSR count). The molecule has 0 spiro atoms. The molecule has 2 fully saturated rings. The van der Waals surface area contributed by atoms with Gasteiger partial charge in [-0.25, -0.2) is 8.42 Å². The lowest BCUT2D eigenvalue weighted by Gasteiger charge is -2.34. The van der Waals surface area contributed by atoms with E-state index >= 15 is 0 Å². The van der Waals surface area contributed by atoms with Crippen molar-refractivity contribution >= 4 is 39.8 Å². The standard InChI is InChI=1S/C16H31N3O3S.HI/c1-3-17-15(19-14-7-5-4-6-8-14)18-13-16(23(2,20)21)9-11-22-12-10-16;/h14H,3-13H2,1-2H3,(H2,17,18,19);1H. The number of hydrogen-bond donors (Lipinski definition) is 2. The molecule has 142 valence electrons. The Kier molecular flexibility index (Phi) is 9.29. The smallest absolute Gasteiger partial charge is 0.191 e. The summed E-state index contributed by atoms with van der Waals surface area (Å²) in [6, 6.07) is 0.449. The van der Waals surface area contributed by atoms with Crippen molar-refractivity contribution in [2.24, 2.45) is 4.99 Å². The average molecular weight is 473 g/mol. The van der Waals surface area contributed by atoms with E-state index in [-0.39, 0.29) is 24.0 Å². The monoisotopic (exact) mass is 473 g/mol. The Bertz CT molecular complexity index is 499. The number of aliphatic imine (C=N–C) groups is 1. The molecule has 0 amide bonds. The molecule has 0 atom stereocenters. The van der Waals surface area contributed by atoms with Crippen molar-refractivity contribution in [3.05, 3.63) is 0 Å². The van der Waals surface area contributed by atoms with Crippen molar-refractivity contribution in [1.29, 1.82) is 0 Å². The molecule has 1 heterocycles. The zero-order chi connectivity index (χ0) is 16.8. The summed E-state index contributed by atoms with van der Waals surface area (Å²) in [5.41, 5.74) is 0. The zero-order valence-electron chi connectivity index (χ0n) is 14.8. The second-order valence-electron chi connectivity index (χ2n) is 6.74. The second-order valence-corrected chi connectivity index (χ2v) is 9.15. The van der Waals surface area contributed by atoms with Crippen molar-refractivity contribution in [2.75, 3.05) is 32.6 Å². The SMILES string of the molecule is CCNC(=NCC1(S(C)(=O)=O)CCOCC1)NC1CCCCC1.I. The van der Waals surface area contributed by atoms with E-state index in [9.17, 15) is 8.42 Å². The normalized spacial score (nSPS) is 22.5. The average Bonchev–Trinajstić information content (AvgIpc) is 2.54. The molecule has 24 heavy (non-hydrogen) atoms. The van der Waals surface area contributed by atoms with Crippen LogP contribution in [0.1, 0.15) is 51.9 Å². The van der Waals surface area contributed by atoms with Gasteiger partial charge in [-0.2, -0.15) is 0 Å². The van der Waals surface area contributed by atoms with Gasteiger partial charge < -0.3 is 15.4 Å². The Morgan fingerprint density at radius 2 is 1.83 bits per heavy atom. The van der Waals surface area contributed by atoms with Crippen LogP contribution in [0.15, 0.2) is 4.99 Å². The Balaban J connectivity index is 0.00000288. The van der Waals surface area contributed by atoms with E-state index < -0.39 is 14.6 Å². The maximum atomic E-state index is 12.3. The topological polar surface area (TPSA) is 79.8 Å². The van der Waals surface area contributed by atoms with Crippen LogP contribution >= 0.6 is 24.0 Å². The Hall–Kier alpha value is -0.0900. The molecule has 1 saturated heterocycles. The fraction of sp³-hybridized carbons (Fsp3) is 0.938. The molecule has 1 saturated carbocycles. The first-order valence-corrected chi connectivity index (χ1v) is 10.7. The molecule has 2 aliphatic rings. The predicted octanol–water partition coefficient (Wildman–Crippen LogP) is 2.09. The molecule has 0 aromatic heterocycles. The highest BCUT2D eigenvalue weighted by atomic mass is 127. The second kappa shape index (κ2) is 10.2. The fourth-order valence-electron chi connectivity index (χ4n) is 3.37. The summed E-state index contributed by atoms with van der Waals surface area (Å²) in [7, 11) is -3.17. The number of ether oxygens (including phenoxy) is 1. The van der Waals surface area contributed by atoms with Crippen LogP contribution in [-0.4, -0.2) is 57.7 Å². The molecule has 8 heteroatoms. The van der Waals surface area contributed by atoms with Crippen LogP contribution in [0, 0.1) is 0 Å². The molecule has 0 unspecified atom stereocenters. The predicted molar refractivity (Wildman–Crippen MR) is 109 cm³/mol. The van der Waals surface area contributed by atoms with Gasteiger partial charge in [-0.1, -0.05) is 19.3 Å². The lowest BCUT2D eigenvalue weighted by atomic mass is 9.96. The van der Waals surface area contributed by atoms with Gasteiger partial charge in [0.1, 0.15) is 0 Å². The van der Waals surface area contributed by atoms with E-state index in [0.29, 0.717) is 38.6 Å². The van der Waals surface area contributed by atoms with E-state index in [1.165, 1.54) is 25.5 Å². The molecule has 0 radical (unpaired) electrons. The van der Waals surface area contributed by atoms with E-state index in [0.717, 1.165) is 25.3 Å². The molecule has 0 aromatic carbocycles. The maximum absolute atomic E-state index is 12.3. The summed E-state index contributed by atoms with van der Waals surface area (Å²) < 4.78 is 29.2. The first-order valence-electron chi connectivity index (χ1n) is 8.79. The van der Waals surface area contributed by atoms with Crippen LogP contribution in [0.2, 0.25) is 0 Å². The Morgan fingerprint density at radius 1 is 1.21 bits per heavy atom. The van der Waals surface area contributed by atoms with Crippen LogP contribution in [0.3, 0.4) is 0 Å². The first-order chi connectivity index (χ1) is 11.0. The number of halogens is 1. The van der Waals surface area contributed by atoms with E-state index in [2.05, 4.69) is 15.6 Å². The molecular weight excluding hydrogens is 441 g/mol. The number of rotatable bonds is 5. The molecule has 2 N–H and O–H groups in total. The number of nitrogens with one attached hydrogen (secondary N) is 2. The maximum Gasteiger partial charge on any atom is 0.191 e. The van der Waals surface area contributed by atoms with Crippen LogP contribution in [0.25, 0.3) is 0 Å². The third-order valence-corrected chi connectivity index (χ3v) is 7.12. The Morgan fingerprint density at radius 3 is 2.38 bits per heavy atom. The van der Waals surface area contributed by atoms with Crippen LogP contribution < -0.4 is 10.6 Å². The number of sulfone groups is 1. The molecule has 0 bridgehead atoms. The van der Waals surface area contributed by atoms with Crippen molar-refractivity contribution in [3.63, 3.8) is 0 Å². The molecule has 1 aliphatic heterocycles. The zero-order valence-corrected chi connectivity index (χ0v) is 18.0. The molecule has 1 aliphatic carbocycles. The lowest BCUT2D eigenvalue weighted by Crippen LogP contribution is -2.48. The van der Waals surface area contributed by atoms with E-state index in [1.807, 2.05) is 6.92 Å². The number of nitrogens with zero attached hydrogens (tertiary/aromatic N) is 1. The van der Waals surface area contributed by atoms with Gasteiger partial charge in [0.2, 0.25) is 0 Å².